The summed E-state index contributed by atoms with van der Waals surface area (Å²) in [6, 6.07) is 14.9. The Morgan fingerprint density at radius 3 is 2.65 bits per heavy atom. The molecule has 1 heterocycles. The van der Waals surface area contributed by atoms with Crippen molar-refractivity contribution in [3.63, 3.8) is 0 Å². The molecule has 3 rings (SSSR count). The maximum Gasteiger partial charge on any atom is 0.248 e. The Kier molecular flexibility index (Phi) is 5.39. The van der Waals surface area contributed by atoms with E-state index in [-0.39, 0.29) is 11.7 Å². The molecule has 0 saturated heterocycles. The lowest BCUT2D eigenvalue weighted by molar-refractivity contribution is -0.111. The second kappa shape index (κ2) is 8.07. The minimum atomic E-state index is -0.310. The Balaban J connectivity index is 1.63. The van der Waals surface area contributed by atoms with Crippen LogP contribution in [0.25, 0.3) is 6.08 Å². The predicted octanol–water partition coefficient (Wildman–Crippen LogP) is 4.97. The second-order valence-electron chi connectivity index (χ2n) is 5.65. The summed E-state index contributed by atoms with van der Waals surface area (Å²) < 4.78 is 18.6. The highest BCUT2D eigenvalue weighted by atomic mass is 19.1. The van der Waals surface area contributed by atoms with E-state index in [1.54, 1.807) is 48.8 Å². The number of halogens is 1. The van der Waals surface area contributed by atoms with E-state index in [0.717, 1.165) is 11.1 Å². The van der Waals surface area contributed by atoms with Crippen LogP contribution in [0.3, 0.4) is 0 Å². The van der Waals surface area contributed by atoms with Crippen LogP contribution in [0.4, 0.5) is 10.1 Å². The lowest BCUT2D eigenvalue weighted by atomic mass is 10.2. The average Bonchev–Trinajstić information content (AvgIpc) is 2.64. The van der Waals surface area contributed by atoms with Crippen molar-refractivity contribution in [1.29, 1.82) is 0 Å². The molecule has 26 heavy (non-hydrogen) atoms. The van der Waals surface area contributed by atoms with Crippen LogP contribution >= 0.6 is 0 Å². The van der Waals surface area contributed by atoms with Gasteiger partial charge in [-0.2, -0.15) is 0 Å². The fourth-order valence-electron chi connectivity index (χ4n) is 2.31. The van der Waals surface area contributed by atoms with Crippen LogP contribution in [0, 0.1) is 12.7 Å². The van der Waals surface area contributed by atoms with Gasteiger partial charge in [0.1, 0.15) is 17.3 Å². The number of carbonyl (C=O) groups excluding carboxylic acids is 1. The summed E-state index contributed by atoms with van der Waals surface area (Å²) in [6.07, 6.45) is 6.34. The molecule has 0 radical (unpaired) electrons. The smallest absolute Gasteiger partial charge is 0.248 e. The van der Waals surface area contributed by atoms with Crippen LogP contribution < -0.4 is 10.1 Å². The molecule has 4 nitrogen and oxygen atoms in total. The van der Waals surface area contributed by atoms with E-state index in [4.69, 9.17) is 4.74 Å². The molecular formula is C21H17FN2O2. The predicted molar refractivity (Wildman–Crippen MR) is 99.6 cm³/mol. The van der Waals surface area contributed by atoms with E-state index in [9.17, 15) is 9.18 Å². The van der Waals surface area contributed by atoms with Crippen LogP contribution in [0.5, 0.6) is 11.5 Å². The molecule has 0 spiro atoms. The molecule has 3 aromatic rings. The first-order valence-corrected chi connectivity index (χ1v) is 8.03. The molecule has 0 fully saturated rings. The first-order valence-electron chi connectivity index (χ1n) is 8.03. The SMILES string of the molecule is Cc1cc(NC(=O)/C=C/c2ccc(F)cc2)ccc1Oc1cccnc1. The van der Waals surface area contributed by atoms with E-state index >= 15 is 0 Å². The first kappa shape index (κ1) is 17.4. The minimum Gasteiger partial charge on any atom is -0.455 e. The van der Waals surface area contributed by atoms with Crippen LogP contribution in [0.2, 0.25) is 0 Å². The Morgan fingerprint density at radius 2 is 1.96 bits per heavy atom. The maximum absolute atomic E-state index is 12.9. The van der Waals surface area contributed by atoms with Crippen molar-refractivity contribution in [3.05, 3.63) is 90.0 Å². The van der Waals surface area contributed by atoms with Crippen molar-refractivity contribution >= 4 is 17.7 Å². The fraction of sp³-hybridized carbons (Fsp3) is 0.0476. The molecule has 1 amide bonds. The molecular weight excluding hydrogens is 331 g/mol. The summed E-state index contributed by atoms with van der Waals surface area (Å²) in [4.78, 5) is 16.0. The number of aryl methyl sites for hydroxylation is 1. The summed E-state index contributed by atoms with van der Waals surface area (Å²) in [6.45, 7) is 1.90. The molecule has 5 heteroatoms. The van der Waals surface area contributed by atoms with Gasteiger partial charge in [0, 0.05) is 18.0 Å². The van der Waals surface area contributed by atoms with Crippen molar-refractivity contribution in [3.8, 4) is 11.5 Å². The van der Waals surface area contributed by atoms with E-state index < -0.39 is 0 Å². The number of rotatable bonds is 5. The molecule has 0 bridgehead atoms. The molecule has 0 aliphatic carbocycles. The van der Waals surface area contributed by atoms with Gasteiger partial charge in [-0.1, -0.05) is 12.1 Å². The highest BCUT2D eigenvalue weighted by Crippen LogP contribution is 2.26. The molecule has 1 aromatic heterocycles. The van der Waals surface area contributed by atoms with Gasteiger partial charge in [-0.05, 0) is 66.6 Å². The largest absolute Gasteiger partial charge is 0.455 e. The van der Waals surface area contributed by atoms with Crippen LogP contribution in [-0.4, -0.2) is 10.9 Å². The number of nitrogens with zero attached hydrogens (tertiary/aromatic N) is 1. The molecule has 0 unspecified atom stereocenters. The molecule has 0 atom stereocenters. The van der Waals surface area contributed by atoms with Crippen molar-refractivity contribution in [2.24, 2.45) is 0 Å². The summed E-state index contributed by atoms with van der Waals surface area (Å²) in [5.74, 6) is 0.762. The summed E-state index contributed by atoms with van der Waals surface area (Å²) in [7, 11) is 0. The Hall–Kier alpha value is -3.47. The Morgan fingerprint density at radius 1 is 1.15 bits per heavy atom. The fourth-order valence-corrected chi connectivity index (χ4v) is 2.31. The molecule has 1 N–H and O–H groups in total. The number of hydrogen-bond donors (Lipinski definition) is 1. The molecule has 0 aliphatic rings. The van der Waals surface area contributed by atoms with Crippen LogP contribution in [-0.2, 0) is 4.79 Å². The lowest BCUT2D eigenvalue weighted by Gasteiger charge is -2.10. The third-order valence-electron chi connectivity index (χ3n) is 3.60. The zero-order chi connectivity index (χ0) is 18.4. The zero-order valence-corrected chi connectivity index (χ0v) is 14.1. The van der Waals surface area contributed by atoms with Gasteiger partial charge >= 0.3 is 0 Å². The van der Waals surface area contributed by atoms with Gasteiger partial charge in [0.15, 0.2) is 0 Å². The third-order valence-corrected chi connectivity index (χ3v) is 3.60. The Labute approximate surface area is 151 Å². The van der Waals surface area contributed by atoms with E-state index in [0.29, 0.717) is 17.2 Å². The number of nitrogens with one attached hydrogen (secondary N) is 1. The summed E-state index contributed by atoms with van der Waals surface area (Å²) in [5, 5.41) is 2.79. The number of ether oxygens (including phenoxy) is 1. The number of benzene rings is 2. The van der Waals surface area contributed by atoms with Crippen LogP contribution in [0.15, 0.2) is 73.1 Å². The average molecular weight is 348 g/mol. The molecule has 0 aliphatic heterocycles. The number of pyridine rings is 1. The maximum atomic E-state index is 12.9. The van der Waals surface area contributed by atoms with Gasteiger partial charge < -0.3 is 10.1 Å². The number of hydrogen-bond acceptors (Lipinski definition) is 3. The van der Waals surface area contributed by atoms with Crippen LogP contribution in [0.1, 0.15) is 11.1 Å². The number of aromatic nitrogens is 1. The van der Waals surface area contributed by atoms with E-state index in [1.807, 2.05) is 19.1 Å². The third kappa shape index (κ3) is 4.77. The standard InChI is InChI=1S/C21H17FN2O2/c1-15-13-18(9-10-20(15)26-19-3-2-12-23-14-19)24-21(25)11-6-16-4-7-17(22)8-5-16/h2-14H,1H3,(H,24,25)/b11-6+. The first-order chi connectivity index (χ1) is 12.6. The van der Waals surface area contributed by atoms with Crippen molar-refractivity contribution in [2.45, 2.75) is 6.92 Å². The molecule has 130 valence electrons. The molecule has 0 saturated carbocycles. The van der Waals surface area contributed by atoms with Crippen molar-refractivity contribution < 1.29 is 13.9 Å². The van der Waals surface area contributed by atoms with Gasteiger partial charge in [0.2, 0.25) is 5.91 Å². The van der Waals surface area contributed by atoms with Gasteiger partial charge in [-0.3, -0.25) is 9.78 Å². The Bertz CT molecular complexity index is 923. The lowest BCUT2D eigenvalue weighted by Crippen LogP contribution is -2.07. The number of amides is 1. The van der Waals surface area contributed by atoms with Gasteiger partial charge in [0.05, 0.1) is 6.20 Å². The number of carbonyl (C=O) groups is 1. The van der Waals surface area contributed by atoms with Crippen molar-refractivity contribution in [2.75, 3.05) is 5.32 Å². The van der Waals surface area contributed by atoms with Gasteiger partial charge in [-0.25, -0.2) is 4.39 Å². The monoisotopic (exact) mass is 348 g/mol. The highest BCUT2D eigenvalue weighted by molar-refractivity contribution is 6.02. The van der Waals surface area contributed by atoms with E-state index in [2.05, 4.69) is 10.3 Å². The normalized spacial score (nSPS) is 10.7. The topological polar surface area (TPSA) is 51.2 Å². The minimum absolute atomic E-state index is 0.269. The highest BCUT2D eigenvalue weighted by Gasteiger charge is 2.05. The quantitative estimate of drug-likeness (QED) is 0.662. The second-order valence-corrected chi connectivity index (χ2v) is 5.65. The summed E-state index contributed by atoms with van der Waals surface area (Å²) in [5.41, 5.74) is 2.29. The molecule has 2 aromatic carbocycles. The van der Waals surface area contributed by atoms with E-state index in [1.165, 1.54) is 18.2 Å². The van der Waals surface area contributed by atoms with Gasteiger partial charge in [-0.15, -0.1) is 0 Å². The number of anilines is 1. The van der Waals surface area contributed by atoms with Gasteiger partial charge in [0.25, 0.3) is 0 Å². The zero-order valence-electron chi connectivity index (χ0n) is 14.1. The van der Waals surface area contributed by atoms with Crippen molar-refractivity contribution in [1.82, 2.24) is 4.98 Å². The summed E-state index contributed by atoms with van der Waals surface area (Å²) >= 11 is 0.